The molecule has 1 rings (SSSR count). The van der Waals surface area contributed by atoms with E-state index < -0.39 is 4.92 Å². The molecule has 7 heteroatoms. The highest BCUT2D eigenvalue weighted by atomic mass is 35.5. The lowest BCUT2D eigenvalue weighted by atomic mass is 10.3. The second kappa shape index (κ2) is 6.05. The van der Waals surface area contributed by atoms with E-state index in [2.05, 4.69) is 10.3 Å². The quantitative estimate of drug-likeness (QED) is 0.491. The van der Waals surface area contributed by atoms with Crippen LogP contribution >= 0.6 is 11.6 Å². The van der Waals surface area contributed by atoms with Gasteiger partial charge in [-0.15, -0.1) is 0 Å². The summed E-state index contributed by atoms with van der Waals surface area (Å²) in [4.78, 5) is 15.6. The van der Waals surface area contributed by atoms with Gasteiger partial charge in [-0.25, -0.2) is 4.98 Å². The van der Waals surface area contributed by atoms with E-state index in [1.54, 1.807) is 31.3 Å². The second-order valence-corrected chi connectivity index (χ2v) is 3.78. The zero-order valence-electron chi connectivity index (χ0n) is 9.55. The number of pyridine rings is 1. The molecule has 6 nitrogen and oxygen atoms in total. The maximum Gasteiger partial charge on any atom is 0.274 e. The summed E-state index contributed by atoms with van der Waals surface area (Å²) >= 11 is 5.67. The summed E-state index contributed by atoms with van der Waals surface area (Å²) in [7, 11) is 3.38. The van der Waals surface area contributed by atoms with Gasteiger partial charge in [0.15, 0.2) is 5.82 Å². The molecule has 1 aromatic heterocycles. The van der Waals surface area contributed by atoms with Crippen molar-refractivity contribution in [1.82, 2.24) is 15.2 Å². The Bertz CT molecular complexity index is 419. The molecular formula is C10H13ClN4O2. The molecule has 0 radical (unpaired) electrons. The standard InChI is InChI=1S/C10H13ClN4O2/c1-12-10(7-15(16)17)14(2)6-8-3-4-9(11)13-5-8/h3-5,7,12H,6H2,1-2H3. The fourth-order valence-corrected chi connectivity index (χ4v) is 1.42. The first-order valence-corrected chi connectivity index (χ1v) is 5.25. The van der Waals surface area contributed by atoms with Gasteiger partial charge in [-0.3, -0.25) is 10.1 Å². The van der Waals surface area contributed by atoms with Crippen molar-refractivity contribution in [3.63, 3.8) is 0 Å². The van der Waals surface area contributed by atoms with Crippen LogP contribution in [0.3, 0.4) is 0 Å². The van der Waals surface area contributed by atoms with Crippen molar-refractivity contribution in [2.45, 2.75) is 6.54 Å². The van der Waals surface area contributed by atoms with Crippen LogP contribution in [0.1, 0.15) is 5.56 Å². The molecule has 0 bridgehead atoms. The predicted octanol–water partition coefficient (Wildman–Crippen LogP) is 1.46. The van der Waals surface area contributed by atoms with Crippen molar-refractivity contribution in [3.05, 3.63) is 51.2 Å². The van der Waals surface area contributed by atoms with Crippen LogP contribution in [0.25, 0.3) is 0 Å². The molecule has 0 unspecified atom stereocenters. The molecule has 0 aliphatic heterocycles. The lowest BCUT2D eigenvalue weighted by Crippen LogP contribution is -2.26. The normalized spacial score (nSPS) is 11.1. The van der Waals surface area contributed by atoms with Crippen molar-refractivity contribution in [3.8, 4) is 0 Å². The van der Waals surface area contributed by atoms with Crippen LogP contribution in [0.15, 0.2) is 30.4 Å². The highest BCUT2D eigenvalue weighted by Crippen LogP contribution is 2.09. The smallest absolute Gasteiger partial charge is 0.274 e. The number of hydrogen-bond acceptors (Lipinski definition) is 5. The van der Waals surface area contributed by atoms with Crippen LogP contribution in [-0.2, 0) is 6.54 Å². The Morgan fingerprint density at radius 2 is 2.41 bits per heavy atom. The first-order chi connectivity index (χ1) is 8.02. The molecule has 0 amide bonds. The van der Waals surface area contributed by atoms with Gasteiger partial charge >= 0.3 is 0 Å². The summed E-state index contributed by atoms with van der Waals surface area (Å²) in [6, 6.07) is 3.51. The van der Waals surface area contributed by atoms with Crippen LogP contribution in [-0.4, -0.2) is 28.9 Å². The van der Waals surface area contributed by atoms with E-state index in [0.29, 0.717) is 17.5 Å². The third kappa shape index (κ3) is 4.28. The number of aromatic nitrogens is 1. The fourth-order valence-electron chi connectivity index (χ4n) is 1.31. The molecule has 1 N–H and O–H groups in total. The summed E-state index contributed by atoms with van der Waals surface area (Å²) in [6.07, 6.45) is 2.56. The summed E-state index contributed by atoms with van der Waals surface area (Å²) in [5.41, 5.74) is 0.918. The lowest BCUT2D eigenvalue weighted by Gasteiger charge is -2.19. The monoisotopic (exact) mass is 256 g/mol. The van der Waals surface area contributed by atoms with Gasteiger partial charge in [-0.05, 0) is 11.6 Å². The summed E-state index contributed by atoms with van der Waals surface area (Å²) < 4.78 is 0. The van der Waals surface area contributed by atoms with Gasteiger partial charge in [0.2, 0.25) is 0 Å². The van der Waals surface area contributed by atoms with Crippen LogP contribution in [0.5, 0.6) is 0 Å². The topological polar surface area (TPSA) is 71.3 Å². The molecule has 92 valence electrons. The molecule has 0 aliphatic rings. The van der Waals surface area contributed by atoms with E-state index in [-0.39, 0.29) is 0 Å². The van der Waals surface area contributed by atoms with Gasteiger partial charge < -0.3 is 10.2 Å². The predicted molar refractivity (Wildman–Crippen MR) is 64.9 cm³/mol. The highest BCUT2D eigenvalue weighted by molar-refractivity contribution is 6.29. The number of rotatable bonds is 5. The Morgan fingerprint density at radius 3 is 2.88 bits per heavy atom. The van der Waals surface area contributed by atoms with E-state index in [4.69, 9.17) is 11.6 Å². The second-order valence-electron chi connectivity index (χ2n) is 3.39. The van der Waals surface area contributed by atoms with Crippen molar-refractivity contribution in [2.75, 3.05) is 14.1 Å². The van der Waals surface area contributed by atoms with Crippen molar-refractivity contribution in [2.24, 2.45) is 0 Å². The minimum absolute atomic E-state index is 0.421. The molecule has 1 heterocycles. The average Bonchev–Trinajstić information content (AvgIpc) is 2.28. The fraction of sp³-hybridized carbons (Fsp3) is 0.300. The number of nitrogens with one attached hydrogen (secondary N) is 1. The van der Waals surface area contributed by atoms with E-state index >= 15 is 0 Å². The van der Waals surface area contributed by atoms with Gasteiger partial charge in [0, 0.05) is 26.8 Å². The van der Waals surface area contributed by atoms with Gasteiger partial charge in [-0.1, -0.05) is 17.7 Å². The largest absolute Gasteiger partial charge is 0.370 e. The average molecular weight is 257 g/mol. The van der Waals surface area contributed by atoms with Gasteiger partial charge in [0.05, 0.1) is 4.92 Å². The molecule has 1 aromatic rings. The number of nitrogens with zero attached hydrogens (tertiary/aromatic N) is 3. The Kier molecular flexibility index (Phi) is 4.71. The zero-order chi connectivity index (χ0) is 12.8. The number of nitro groups is 1. The van der Waals surface area contributed by atoms with Crippen molar-refractivity contribution in [1.29, 1.82) is 0 Å². The molecule has 0 fully saturated rings. The molecule has 0 aromatic carbocycles. The first-order valence-electron chi connectivity index (χ1n) is 4.87. The van der Waals surface area contributed by atoms with E-state index in [1.165, 1.54) is 0 Å². The Hall–Kier alpha value is -1.82. The third-order valence-corrected chi connectivity index (χ3v) is 2.33. The summed E-state index contributed by atoms with van der Waals surface area (Å²) in [5, 5.41) is 13.6. The minimum atomic E-state index is -0.498. The molecule has 17 heavy (non-hydrogen) atoms. The van der Waals surface area contributed by atoms with Gasteiger partial charge in [-0.2, -0.15) is 0 Å². The van der Waals surface area contributed by atoms with Crippen LogP contribution in [0.4, 0.5) is 0 Å². The third-order valence-electron chi connectivity index (χ3n) is 2.10. The van der Waals surface area contributed by atoms with E-state index in [1.807, 2.05) is 6.07 Å². The van der Waals surface area contributed by atoms with Gasteiger partial charge in [0.1, 0.15) is 5.15 Å². The Labute approximate surface area is 104 Å². The maximum absolute atomic E-state index is 10.4. The van der Waals surface area contributed by atoms with Crippen molar-refractivity contribution < 1.29 is 4.92 Å². The van der Waals surface area contributed by atoms with E-state index in [0.717, 1.165) is 11.8 Å². The first kappa shape index (κ1) is 13.2. The molecule has 0 saturated carbocycles. The molecule has 0 atom stereocenters. The van der Waals surface area contributed by atoms with Crippen LogP contribution < -0.4 is 5.32 Å². The highest BCUT2D eigenvalue weighted by Gasteiger charge is 2.08. The minimum Gasteiger partial charge on any atom is -0.370 e. The Balaban J connectivity index is 2.73. The molecular weight excluding hydrogens is 244 g/mol. The van der Waals surface area contributed by atoms with E-state index in [9.17, 15) is 10.1 Å². The van der Waals surface area contributed by atoms with Crippen molar-refractivity contribution >= 4 is 11.6 Å². The molecule has 0 aliphatic carbocycles. The van der Waals surface area contributed by atoms with Crippen LogP contribution in [0.2, 0.25) is 5.15 Å². The number of halogens is 1. The summed E-state index contributed by atoms with van der Waals surface area (Å²) in [5.74, 6) is 0.421. The Morgan fingerprint density at radius 1 is 1.71 bits per heavy atom. The zero-order valence-corrected chi connectivity index (χ0v) is 10.3. The molecule has 0 saturated heterocycles. The number of hydrogen-bond donors (Lipinski definition) is 1. The lowest BCUT2D eigenvalue weighted by molar-refractivity contribution is -0.404. The molecule has 0 spiro atoms. The summed E-state index contributed by atoms with van der Waals surface area (Å²) in [6.45, 7) is 0.505. The maximum atomic E-state index is 10.4. The SMILES string of the molecule is CNC(=C[N+](=O)[O-])N(C)Cc1ccc(Cl)nc1. The van der Waals surface area contributed by atoms with Gasteiger partial charge in [0.25, 0.3) is 6.20 Å². The van der Waals surface area contributed by atoms with Crippen LogP contribution in [0, 0.1) is 10.1 Å².